The van der Waals surface area contributed by atoms with Gasteiger partial charge in [-0.1, -0.05) is 0 Å². The molecule has 0 saturated carbocycles. The number of carbonyl (C=O) groups is 1. The fourth-order valence-electron chi connectivity index (χ4n) is 0.149. The lowest BCUT2D eigenvalue weighted by atomic mass is 10.8. The zero-order valence-corrected chi connectivity index (χ0v) is 7.51. The Hall–Kier alpha value is -0.190. The molecular weight excluding hydrogens is 167 g/mol. The molecule has 5 nitrogen and oxygen atoms in total. The first kappa shape index (κ1) is 11.6. The van der Waals surface area contributed by atoms with Crippen LogP contribution in [0.5, 0.6) is 0 Å². The maximum Gasteiger partial charge on any atom is 0.270 e. The van der Waals surface area contributed by atoms with Crippen LogP contribution in [0.1, 0.15) is 0 Å². The van der Waals surface area contributed by atoms with Gasteiger partial charge in [0.15, 0.2) is 0 Å². The van der Waals surface area contributed by atoms with Crippen LogP contribution in [0.2, 0.25) is 0 Å². The summed E-state index contributed by atoms with van der Waals surface area (Å²) >= 11 is 0. The van der Waals surface area contributed by atoms with Crippen molar-refractivity contribution in [3.63, 3.8) is 0 Å². The third-order valence-corrected chi connectivity index (χ3v) is 0.901. The summed E-state index contributed by atoms with van der Waals surface area (Å²) in [6, 6.07) is 0. The topological polar surface area (TPSA) is 94.5 Å². The van der Waals surface area contributed by atoms with E-state index in [1.54, 1.807) is 0 Å². The van der Waals surface area contributed by atoms with Crippen LogP contribution < -0.4 is 5.11 Å². The van der Waals surface area contributed by atoms with Gasteiger partial charge in [0.05, 0.1) is 5.97 Å². The van der Waals surface area contributed by atoms with Gasteiger partial charge in [-0.05, 0) is 9.90 Å². The molecule has 0 aliphatic heterocycles. The molecule has 1 N–H and O–H groups in total. The van der Waals surface area contributed by atoms with E-state index in [2.05, 4.69) is 0 Å². The number of carboxylic acids is 1. The molecule has 1 unspecified atom stereocenters. The fraction of sp³-hybridized carbons (Fsp3) is 0.500. The predicted octanol–water partition coefficient (Wildman–Crippen LogP) is -2.59. The molecule has 0 aliphatic rings. The molecule has 9 heavy (non-hydrogen) atoms. The predicted molar refractivity (Wildman–Crippen MR) is 33.9 cm³/mol. The summed E-state index contributed by atoms with van der Waals surface area (Å²) in [6.45, 7) is 0. The molecule has 0 aliphatic carbocycles. The molecule has 0 aromatic carbocycles. The van der Waals surface area contributed by atoms with Crippen LogP contribution in [0.4, 0.5) is 0 Å². The van der Waals surface area contributed by atoms with Crippen LogP contribution in [0.15, 0.2) is 0 Å². The molecule has 0 heterocycles. The maximum absolute atomic E-state index is 9.58. The van der Waals surface area contributed by atoms with E-state index in [-0.39, 0.29) is 9.90 Å². The molecule has 0 bridgehead atoms. The van der Waals surface area contributed by atoms with Gasteiger partial charge in [0.25, 0.3) is 10.1 Å². The Morgan fingerprint density at radius 2 is 1.89 bits per heavy atom. The van der Waals surface area contributed by atoms with Crippen molar-refractivity contribution in [3.05, 3.63) is 0 Å². The molecular formula is C2H7O5PS. The van der Waals surface area contributed by atoms with Gasteiger partial charge < -0.3 is 9.90 Å². The van der Waals surface area contributed by atoms with Crippen molar-refractivity contribution < 1.29 is 22.9 Å². The molecule has 1 atom stereocenters. The van der Waals surface area contributed by atoms with Crippen molar-refractivity contribution in [3.8, 4) is 0 Å². The zero-order valence-electron chi connectivity index (χ0n) is 4.70. The van der Waals surface area contributed by atoms with Crippen molar-refractivity contribution in [2.45, 2.75) is 0 Å². The second-order valence-electron chi connectivity index (χ2n) is 1.10. The minimum Gasteiger partial charge on any atom is -0.549 e. The lowest BCUT2D eigenvalue weighted by Gasteiger charge is -1.94. The first-order valence-corrected chi connectivity index (χ1v) is 3.18. The van der Waals surface area contributed by atoms with E-state index >= 15 is 0 Å². The van der Waals surface area contributed by atoms with E-state index < -0.39 is 21.8 Å². The summed E-state index contributed by atoms with van der Waals surface area (Å²) in [6.07, 6.45) is 0. The molecule has 0 saturated heterocycles. The molecule has 0 fully saturated rings. The summed E-state index contributed by atoms with van der Waals surface area (Å²) in [7, 11) is -4.39. The summed E-state index contributed by atoms with van der Waals surface area (Å²) in [5, 5.41) is 9.36. The van der Waals surface area contributed by atoms with Crippen LogP contribution in [-0.4, -0.2) is 24.7 Å². The highest BCUT2D eigenvalue weighted by atomic mass is 32.2. The Bertz CT molecular complexity index is 181. The van der Waals surface area contributed by atoms with Gasteiger partial charge in [-0.15, -0.1) is 0 Å². The number of aliphatic carboxylic acids is 1. The lowest BCUT2D eigenvalue weighted by Crippen LogP contribution is -2.30. The molecule has 0 rings (SSSR count). The standard InChI is InChI=1S/C2H4O5S.H3P/c3-2(4)1-8(5,6)7;/h1H2,(H,3,4)(H,5,6,7);1H3. The van der Waals surface area contributed by atoms with Crippen LogP contribution in [0.25, 0.3) is 0 Å². The number of rotatable bonds is 2. The SMILES string of the molecule is O=C([O-])CS(=O)(=O)O.[PH4+]. The van der Waals surface area contributed by atoms with Gasteiger partial charge in [-0.2, -0.15) is 8.42 Å². The molecule has 0 aromatic rings. The van der Waals surface area contributed by atoms with Gasteiger partial charge in [0.1, 0.15) is 5.75 Å². The highest BCUT2D eigenvalue weighted by Crippen LogP contribution is 1.76. The molecule has 56 valence electrons. The number of hydrogen-bond acceptors (Lipinski definition) is 4. The van der Waals surface area contributed by atoms with Crippen molar-refractivity contribution >= 4 is 26.0 Å². The third kappa shape index (κ3) is 11.4. The average Bonchev–Trinajstić information content (AvgIpc) is 1.21. The first-order valence-electron chi connectivity index (χ1n) is 1.57. The van der Waals surface area contributed by atoms with Crippen LogP contribution in [-0.2, 0) is 14.9 Å². The van der Waals surface area contributed by atoms with E-state index in [1.165, 1.54) is 0 Å². The zero-order chi connectivity index (χ0) is 6.78. The Morgan fingerprint density at radius 3 is 1.89 bits per heavy atom. The first-order chi connectivity index (χ1) is 3.42. The molecule has 0 amide bonds. The van der Waals surface area contributed by atoms with Gasteiger partial charge in [-0.25, -0.2) is 0 Å². The van der Waals surface area contributed by atoms with Crippen LogP contribution >= 0.6 is 9.90 Å². The summed E-state index contributed by atoms with van der Waals surface area (Å²) in [5.41, 5.74) is 0. The lowest BCUT2D eigenvalue weighted by molar-refractivity contribution is -0.301. The minimum atomic E-state index is -4.39. The normalized spacial score (nSPS) is 9.89. The molecule has 7 heteroatoms. The van der Waals surface area contributed by atoms with E-state index in [1.807, 2.05) is 0 Å². The summed E-state index contributed by atoms with van der Waals surface area (Å²) in [5.74, 6) is -3.15. The second kappa shape index (κ2) is 3.76. The summed E-state index contributed by atoms with van der Waals surface area (Å²) in [4.78, 5) is 9.36. The molecule has 0 radical (unpaired) electrons. The maximum atomic E-state index is 9.58. The summed E-state index contributed by atoms with van der Waals surface area (Å²) < 4.78 is 26.9. The average molecular weight is 174 g/mol. The quantitative estimate of drug-likeness (QED) is 0.366. The van der Waals surface area contributed by atoms with Crippen LogP contribution in [0, 0.1) is 0 Å². The van der Waals surface area contributed by atoms with Crippen LogP contribution in [0.3, 0.4) is 0 Å². The molecule has 0 spiro atoms. The number of carbonyl (C=O) groups excluding carboxylic acids is 1. The highest BCUT2D eigenvalue weighted by molar-refractivity contribution is 7.86. The largest absolute Gasteiger partial charge is 0.549 e. The van der Waals surface area contributed by atoms with E-state index in [9.17, 15) is 18.3 Å². The van der Waals surface area contributed by atoms with Gasteiger partial charge >= 0.3 is 0 Å². The Balaban J connectivity index is 0. The van der Waals surface area contributed by atoms with E-state index in [4.69, 9.17) is 4.55 Å². The smallest absolute Gasteiger partial charge is 0.270 e. The van der Waals surface area contributed by atoms with Gasteiger partial charge in [-0.3, -0.25) is 4.55 Å². The fourth-order valence-corrected chi connectivity index (χ4v) is 0.447. The minimum absolute atomic E-state index is 0. The van der Waals surface area contributed by atoms with Crippen molar-refractivity contribution in [1.29, 1.82) is 0 Å². The van der Waals surface area contributed by atoms with Crippen molar-refractivity contribution in [2.75, 3.05) is 5.75 Å². The van der Waals surface area contributed by atoms with E-state index in [0.29, 0.717) is 0 Å². The Morgan fingerprint density at radius 1 is 1.56 bits per heavy atom. The monoisotopic (exact) mass is 174 g/mol. The van der Waals surface area contributed by atoms with Gasteiger partial charge in [0, 0.05) is 0 Å². The number of carboxylic acid groups (broad SMARTS) is 1. The third-order valence-electron chi connectivity index (χ3n) is 0.300. The Kier molecular flexibility index (Phi) is 4.85. The highest BCUT2D eigenvalue weighted by Gasteiger charge is 2.02. The second-order valence-corrected chi connectivity index (χ2v) is 2.55. The van der Waals surface area contributed by atoms with Gasteiger partial charge in [0.2, 0.25) is 0 Å². The van der Waals surface area contributed by atoms with Crippen molar-refractivity contribution in [2.24, 2.45) is 0 Å². The van der Waals surface area contributed by atoms with E-state index in [0.717, 1.165) is 0 Å². The Labute approximate surface area is 55.4 Å². The molecule has 0 aromatic heterocycles. The number of hydrogen-bond donors (Lipinski definition) is 1. The van der Waals surface area contributed by atoms with Crippen molar-refractivity contribution in [1.82, 2.24) is 0 Å².